The number of ether oxygens (including phenoxy) is 2. The van der Waals surface area contributed by atoms with Crippen LogP contribution in [0.3, 0.4) is 0 Å². The number of pyridine rings is 1. The van der Waals surface area contributed by atoms with Gasteiger partial charge < -0.3 is 20.1 Å². The Bertz CT molecular complexity index is 1540. The Morgan fingerprint density at radius 1 is 1.05 bits per heavy atom. The van der Waals surface area contributed by atoms with E-state index in [4.69, 9.17) is 14.5 Å². The summed E-state index contributed by atoms with van der Waals surface area (Å²) in [6, 6.07) is 15.9. The number of amides is 3. The highest BCUT2D eigenvalue weighted by Gasteiger charge is 2.34. The number of carbonyl (C=O) groups is 2. The lowest BCUT2D eigenvalue weighted by atomic mass is 10.1. The van der Waals surface area contributed by atoms with Gasteiger partial charge in [0, 0.05) is 42.4 Å². The van der Waals surface area contributed by atoms with E-state index in [0.29, 0.717) is 34.4 Å². The maximum atomic E-state index is 14.0. The van der Waals surface area contributed by atoms with Crippen LogP contribution in [0.5, 0.6) is 11.5 Å². The van der Waals surface area contributed by atoms with Crippen molar-refractivity contribution in [2.45, 2.75) is 13.1 Å². The highest BCUT2D eigenvalue weighted by molar-refractivity contribution is 6.05. The number of nitrogens with zero attached hydrogens (tertiary/aromatic N) is 5. The van der Waals surface area contributed by atoms with Crippen molar-refractivity contribution < 1.29 is 19.1 Å². The van der Waals surface area contributed by atoms with E-state index in [-0.39, 0.29) is 31.0 Å². The van der Waals surface area contributed by atoms with Crippen molar-refractivity contribution in [1.82, 2.24) is 15.0 Å². The number of carbonyl (C=O) groups excluding carboxylic acids is 2. The SMILES string of the molecule is C=CC(=O)Nc1ccccc1Nc1ncc2c(n1)N(Cc1cccnc1)C(=O)N(c1cc(OC)cc(OC)c1)C2. The van der Waals surface area contributed by atoms with Crippen molar-refractivity contribution in [2.75, 3.05) is 34.7 Å². The Kier molecular flexibility index (Phi) is 7.54. The molecule has 2 N–H and O–H groups in total. The molecule has 0 atom stereocenters. The van der Waals surface area contributed by atoms with E-state index in [1.165, 1.54) is 6.08 Å². The third-order valence-electron chi connectivity index (χ3n) is 6.22. The molecule has 2 aromatic heterocycles. The average Bonchev–Trinajstić information content (AvgIpc) is 2.99. The average molecular weight is 538 g/mol. The minimum atomic E-state index is -0.344. The van der Waals surface area contributed by atoms with Gasteiger partial charge in [0.15, 0.2) is 0 Å². The Morgan fingerprint density at radius 2 is 1.80 bits per heavy atom. The van der Waals surface area contributed by atoms with E-state index in [0.717, 1.165) is 11.1 Å². The fraction of sp³-hybridized carbons (Fsp3) is 0.138. The second-order valence-corrected chi connectivity index (χ2v) is 8.79. The predicted molar refractivity (Wildman–Crippen MR) is 152 cm³/mol. The van der Waals surface area contributed by atoms with Gasteiger partial charge in [-0.15, -0.1) is 0 Å². The molecule has 40 heavy (non-hydrogen) atoms. The lowest BCUT2D eigenvalue weighted by Crippen LogP contribution is -2.47. The molecule has 0 saturated carbocycles. The quantitative estimate of drug-likeness (QED) is 0.289. The van der Waals surface area contributed by atoms with Gasteiger partial charge in [-0.2, -0.15) is 4.98 Å². The Labute approximate surface area is 231 Å². The van der Waals surface area contributed by atoms with Gasteiger partial charge in [0.1, 0.15) is 17.3 Å². The molecule has 5 rings (SSSR count). The molecule has 0 aliphatic carbocycles. The van der Waals surface area contributed by atoms with Gasteiger partial charge in [0.2, 0.25) is 11.9 Å². The molecule has 2 aromatic carbocycles. The monoisotopic (exact) mass is 537 g/mol. The minimum Gasteiger partial charge on any atom is -0.497 e. The number of methoxy groups -OCH3 is 2. The van der Waals surface area contributed by atoms with E-state index in [1.54, 1.807) is 79.0 Å². The number of nitrogens with one attached hydrogen (secondary N) is 2. The fourth-order valence-corrected chi connectivity index (χ4v) is 4.25. The third-order valence-corrected chi connectivity index (χ3v) is 6.22. The molecule has 0 radical (unpaired) electrons. The van der Waals surface area contributed by atoms with Gasteiger partial charge in [-0.25, -0.2) is 9.78 Å². The van der Waals surface area contributed by atoms with Gasteiger partial charge in [0.25, 0.3) is 0 Å². The zero-order valence-corrected chi connectivity index (χ0v) is 22.0. The summed E-state index contributed by atoms with van der Waals surface area (Å²) in [7, 11) is 3.12. The van der Waals surface area contributed by atoms with Crippen LogP contribution in [0.2, 0.25) is 0 Å². The van der Waals surface area contributed by atoms with Crippen molar-refractivity contribution in [1.29, 1.82) is 0 Å². The smallest absolute Gasteiger partial charge is 0.330 e. The number of rotatable bonds is 9. The van der Waals surface area contributed by atoms with Crippen LogP contribution in [0.25, 0.3) is 0 Å². The summed E-state index contributed by atoms with van der Waals surface area (Å²) in [6.07, 6.45) is 6.26. The highest BCUT2D eigenvalue weighted by Crippen LogP contribution is 2.36. The molecule has 3 amide bonds. The van der Waals surface area contributed by atoms with Gasteiger partial charge in [-0.3, -0.25) is 19.6 Å². The molecule has 0 spiro atoms. The first kappa shape index (κ1) is 26.2. The van der Waals surface area contributed by atoms with Crippen molar-refractivity contribution in [3.8, 4) is 11.5 Å². The van der Waals surface area contributed by atoms with Crippen LogP contribution in [-0.4, -0.2) is 41.1 Å². The first-order chi connectivity index (χ1) is 19.5. The van der Waals surface area contributed by atoms with Crippen LogP contribution in [0.1, 0.15) is 11.1 Å². The van der Waals surface area contributed by atoms with E-state index in [9.17, 15) is 9.59 Å². The fourth-order valence-electron chi connectivity index (χ4n) is 4.25. The number of aromatic nitrogens is 3. The number of para-hydroxylation sites is 2. The topological polar surface area (TPSA) is 122 Å². The summed E-state index contributed by atoms with van der Waals surface area (Å²) < 4.78 is 10.8. The highest BCUT2D eigenvalue weighted by atomic mass is 16.5. The summed E-state index contributed by atoms with van der Waals surface area (Å²) in [5.41, 5.74) is 3.30. The molecule has 0 fully saturated rings. The summed E-state index contributed by atoms with van der Waals surface area (Å²) >= 11 is 0. The van der Waals surface area contributed by atoms with E-state index in [2.05, 4.69) is 27.2 Å². The number of hydrogen-bond donors (Lipinski definition) is 2. The number of urea groups is 1. The van der Waals surface area contributed by atoms with Crippen LogP contribution in [0.15, 0.2) is 85.8 Å². The molecule has 0 saturated heterocycles. The van der Waals surface area contributed by atoms with Gasteiger partial charge in [-0.05, 0) is 29.8 Å². The molecule has 0 bridgehead atoms. The molecule has 0 unspecified atom stereocenters. The van der Waals surface area contributed by atoms with Crippen molar-refractivity contribution in [3.63, 3.8) is 0 Å². The van der Waals surface area contributed by atoms with E-state index in [1.807, 2.05) is 18.2 Å². The molecular weight excluding hydrogens is 510 g/mol. The number of fused-ring (bicyclic) bond motifs is 1. The summed E-state index contributed by atoms with van der Waals surface area (Å²) in [4.78, 5) is 42.5. The van der Waals surface area contributed by atoms with Crippen molar-refractivity contribution in [2.24, 2.45) is 0 Å². The first-order valence-electron chi connectivity index (χ1n) is 12.4. The molecule has 11 heteroatoms. The van der Waals surface area contributed by atoms with Gasteiger partial charge in [-0.1, -0.05) is 24.8 Å². The molecular formula is C29H27N7O4. The summed E-state index contributed by atoms with van der Waals surface area (Å²) in [6.45, 7) is 3.97. The third kappa shape index (κ3) is 5.53. The largest absolute Gasteiger partial charge is 0.497 e. The first-order valence-corrected chi connectivity index (χ1v) is 12.4. The predicted octanol–water partition coefficient (Wildman–Crippen LogP) is 4.90. The Balaban J connectivity index is 1.53. The van der Waals surface area contributed by atoms with Crippen LogP contribution >= 0.6 is 0 Å². The maximum absolute atomic E-state index is 14.0. The van der Waals surface area contributed by atoms with Crippen LogP contribution in [-0.2, 0) is 17.9 Å². The maximum Gasteiger partial charge on any atom is 0.330 e. The van der Waals surface area contributed by atoms with E-state index >= 15 is 0 Å². The molecule has 11 nitrogen and oxygen atoms in total. The second-order valence-electron chi connectivity index (χ2n) is 8.79. The van der Waals surface area contributed by atoms with Crippen molar-refractivity contribution in [3.05, 3.63) is 97.0 Å². The zero-order valence-electron chi connectivity index (χ0n) is 22.0. The number of benzene rings is 2. The number of hydrogen-bond acceptors (Lipinski definition) is 8. The standard InChI is InChI=1S/C29H27N7O4/c1-4-26(37)32-24-9-5-6-10-25(24)33-28-31-16-20-18-35(21-12-22(39-2)14-23(13-21)40-3)29(38)36(27(20)34-28)17-19-8-7-11-30-15-19/h4-16H,1,17-18H2,2-3H3,(H,32,37)(H,31,33,34). The lowest BCUT2D eigenvalue weighted by Gasteiger charge is -2.36. The Morgan fingerprint density at radius 3 is 2.48 bits per heavy atom. The van der Waals surface area contributed by atoms with E-state index < -0.39 is 0 Å². The zero-order chi connectivity index (χ0) is 28.1. The van der Waals surface area contributed by atoms with Gasteiger partial charge >= 0.3 is 6.03 Å². The van der Waals surface area contributed by atoms with Crippen LogP contribution < -0.4 is 29.9 Å². The molecule has 202 valence electrons. The lowest BCUT2D eigenvalue weighted by molar-refractivity contribution is -0.111. The number of anilines is 5. The molecule has 1 aliphatic heterocycles. The molecule has 1 aliphatic rings. The van der Waals surface area contributed by atoms with Crippen LogP contribution in [0, 0.1) is 0 Å². The van der Waals surface area contributed by atoms with Crippen molar-refractivity contribution >= 4 is 40.8 Å². The normalized spacial score (nSPS) is 12.4. The van der Waals surface area contributed by atoms with Gasteiger partial charge in [0.05, 0.1) is 44.4 Å². The second kappa shape index (κ2) is 11.5. The summed E-state index contributed by atoms with van der Waals surface area (Å²) in [5.74, 6) is 1.50. The summed E-state index contributed by atoms with van der Waals surface area (Å²) in [5, 5.41) is 5.92. The Hall–Kier alpha value is -5.45. The van der Waals surface area contributed by atoms with Crippen LogP contribution in [0.4, 0.5) is 33.6 Å². The minimum absolute atomic E-state index is 0.236. The molecule has 4 aromatic rings. The molecule has 3 heterocycles.